The van der Waals surface area contributed by atoms with Crippen LogP contribution in [0.1, 0.15) is 28.4 Å². The van der Waals surface area contributed by atoms with E-state index in [4.69, 9.17) is 0 Å². The van der Waals surface area contributed by atoms with Crippen molar-refractivity contribution in [2.45, 2.75) is 19.9 Å². The molecule has 0 N–H and O–H groups in total. The normalized spacial score (nSPS) is 16.3. The molecule has 2 aromatic heterocycles. The standard InChI is InChI=1S/C28H29N5O2/c1-21(34)31-15-16-32(28(35)26-11-3-2-7-25(26)20-33-14-6-13-30-33)19-22(18-31)17-24-9-4-8-23-10-5-12-29-27(23)24/h2-14,22H,15-20H2,1H3/t22-/m0/s1. The number of fused-ring (bicyclic) bond motifs is 1. The highest BCUT2D eigenvalue weighted by molar-refractivity contribution is 5.95. The monoisotopic (exact) mass is 467 g/mol. The highest BCUT2D eigenvalue weighted by Gasteiger charge is 2.29. The molecule has 1 aliphatic heterocycles. The fourth-order valence-corrected chi connectivity index (χ4v) is 4.95. The summed E-state index contributed by atoms with van der Waals surface area (Å²) < 4.78 is 1.82. The third-order valence-corrected chi connectivity index (χ3v) is 6.69. The fourth-order valence-electron chi connectivity index (χ4n) is 4.95. The van der Waals surface area contributed by atoms with Gasteiger partial charge in [0.2, 0.25) is 5.91 Å². The van der Waals surface area contributed by atoms with Gasteiger partial charge >= 0.3 is 0 Å². The molecule has 7 heteroatoms. The first-order chi connectivity index (χ1) is 17.1. The summed E-state index contributed by atoms with van der Waals surface area (Å²) >= 11 is 0. The van der Waals surface area contributed by atoms with Crippen molar-refractivity contribution in [3.63, 3.8) is 0 Å². The van der Waals surface area contributed by atoms with E-state index in [-0.39, 0.29) is 17.7 Å². The van der Waals surface area contributed by atoms with Crippen molar-refractivity contribution in [3.05, 3.63) is 95.9 Å². The molecule has 5 rings (SSSR count). The number of rotatable bonds is 5. The Morgan fingerprint density at radius 3 is 2.49 bits per heavy atom. The van der Waals surface area contributed by atoms with E-state index in [1.807, 2.05) is 69.3 Å². The van der Waals surface area contributed by atoms with E-state index in [2.05, 4.69) is 28.3 Å². The third kappa shape index (κ3) is 5.09. The SMILES string of the molecule is CC(=O)N1CCN(C(=O)c2ccccc2Cn2cccn2)C[C@@H](Cc2cccc3cccnc23)C1. The summed E-state index contributed by atoms with van der Waals surface area (Å²) in [6, 6.07) is 19.8. The van der Waals surface area contributed by atoms with Crippen LogP contribution in [0, 0.1) is 5.92 Å². The summed E-state index contributed by atoms with van der Waals surface area (Å²) in [5.41, 5.74) is 3.74. The van der Waals surface area contributed by atoms with Crippen LogP contribution < -0.4 is 0 Å². The molecule has 0 spiro atoms. The maximum atomic E-state index is 13.8. The molecule has 0 unspecified atom stereocenters. The van der Waals surface area contributed by atoms with Crippen molar-refractivity contribution in [1.29, 1.82) is 0 Å². The van der Waals surface area contributed by atoms with Crippen molar-refractivity contribution in [2.75, 3.05) is 26.2 Å². The van der Waals surface area contributed by atoms with Gasteiger partial charge in [-0.25, -0.2) is 0 Å². The van der Waals surface area contributed by atoms with Gasteiger partial charge in [-0.2, -0.15) is 5.10 Å². The van der Waals surface area contributed by atoms with Gasteiger partial charge in [-0.3, -0.25) is 19.3 Å². The van der Waals surface area contributed by atoms with Gasteiger partial charge in [-0.05, 0) is 41.7 Å². The fraction of sp³-hybridized carbons (Fsp3) is 0.286. The van der Waals surface area contributed by atoms with Crippen LogP contribution in [-0.2, 0) is 17.8 Å². The molecule has 2 amide bonds. The maximum Gasteiger partial charge on any atom is 0.254 e. The van der Waals surface area contributed by atoms with E-state index in [0.29, 0.717) is 38.3 Å². The van der Waals surface area contributed by atoms with Crippen molar-refractivity contribution in [2.24, 2.45) is 5.92 Å². The van der Waals surface area contributed by atoms with E-state index < -0.39 is 0 Å². The van der Waals surface area contributed by atoms with Crippen LogP contribution in [0.5, 0.6) is 0 Å². The first kappa shape index (κ1) is 22.8. The van der Waals surface area contributed by atoms with E-state index >= 15 is 0 Å². The van der Waals surface area contributed by atoms with E-state index in [0.717, 1.165) is 28.5 Å². The van der Waals surface area contributed by atoms with Gasteiger partial charge in [-0.15, -0.1) is 0 Å². The number of carbonyl (C=O) groups excluding carboxylic acids is 2. The predicted molar refractivity (Wildman–Crippen MR) is 135 cm³/mol. The zero-order chi connectivity index (χ0) is 24.2. The van der Waals surface area contributed by atoms with Gasteiger partial charge in [0.15, 0.2) is 0 Å². The smallest absolute Gasteiger partial charge is 0.254 e. The lowest BCUT2D eigenvalue weighted by Crippen LogP contribution is -2.37. The molecule has 1 aliphatic rings. The zero-order valence-electron chi connectivity index (χ0n) is 19.9. The molecule has 0 radical (unpaired) electrons. The number of hydrogen-bond acceptors (Lipinski definition) is 4. The average Bonchev–Trinajstić information content (AvgIpc) is 3.29. The molecule has 178 valence electrons. The van der Waals surface area contributed by atoms with E-state index in [1.54, 1.807) is 13.1 Å². The van der Waals surface area contributed by atoms with E-state index in [9.17, 15) is 9.59 Å². The second kappa shape index (κ2) is 10.1. The lowest BCUT2D eigenvalue weighted by atomic mass is 9.96. The molecule has 7 nitrogen and oxygen atoms in total. The quantitative estimate of drug-likeness (QED) is 0.449. The topological polar surface area (TPSA) is 71.3 Å². The lowest BCUT2D eigenvalue weighted by molar-refractivity contribution is -0.129. The van der Waals surface area contributed by atoms with Gasteiger partial charge in [0.25, 0.3) is 5.91 Å². The molecule has 1 atom stereocenters. The number of nitrogens with zero attached hydrogens (tertiary/aromatic N) is 5. The summed E-state index contributed by atoms with van der Waals surface area (Å²) in [6.07, 6.45) is 6.19. The van der Waals surface area contributed by atoms with Crippen LogP contribution in [0.4, 0.5) is 0 Å². The molecule has 2 aromatic carbocycles. The van der Waals surface area contributed by atoms with Crippen molar-refractivity contribution >= 4 is 22.7 Å². The molecule has 1 fully saturated rings. The predicted octanol–water partition coefficient (Wildman–Crippen LogP) is 3.64. The van der Waals surface area contributed by atoms with Crippen LogP contribution in [0.2, 0.25) is 0 Å². The molecule has 1 saturated heterocycles. The second-order valence-electron chi connectivity index (χ2n) is 9.14. The molecular weight excluding hydrogens is 438 g/mol. The van der Waals surface area contributed by atoms with Gasteiger partial charge in [0, 0.05) is 62.6 Å². The summed E-state index contributed by atoms with van der Waals surface area (Å²) in [5.74, 6) is 0.148. The Bertz CT molecular complexity index is 1330. The first-order valence-corrected chi connectivity index (χ1v) is 12.0. The average molecular weight is 468 g/mol. The van der Waals surface area contributed by atoms with Crippen molar-refractivity contribution in [3.8, 4) is 0 Å². The Morgan fingerprint density at radius 1 is 0.886 bits per heavy atom. The minimum atomic E-state index is -0.000738. The largest absolute Gasteiger partial charge is 0.341 e. The number of para-hydroxylation sites is 1. The molecular formula is C28H29N5O2. The lowest BCUT2D eigenvalue weighted by Gasteiger charge is -2.25. The van der Waals surface area contributed by atoms with E-state index in [1.165, 1.54) is 0 Å². The highest BCUT2D eigenvalue weighted by atomic mass is 16.2. The van der Waals surface area contributed by atoms with Crippen LogP contribution in [0.3, 0.4) is 0 Å². The summed E-state index contributed by atoms with van der Waals surface area (Å²) in [7, 11) is 0. The van der Waals surface area contributed by atoms with Gasteiger partial charge in [0.05, 0.1) is 12.1 Å². The molecule has 0 aliphatic carbocycles. The highest BCUT2D eigenvalue weighted by Crippen LogP contribution is 2.23. The number of amides is 2. The maximum absolute atomic E-state index is 13.8. The summed E-state index contributed by atoms with van der Waals surface area (Å²) in [6.45, 7) is 4.39. The number of pyridine rings is 1. The Balaban J connectivity index is 1.42. The summed E-state index contributed by atoms with van der Waals surface area (Å²) in [4.78, 5) is 34.5. The van der Waals surface area contributed by atoms with Crippen molar-refractivity contribution < 1.29 is 9.59 Å². The minimum Gasteiger partial charge on any atom is -0.341 e. The number of carbonyl (C=O) groups is 2. The summed E-state index contributed by atoms with van der Waals surface area (Å²) in [5, 5.41) is 5.39. The Labute approximate surface area is 205 Å². The Hall–Kier alpha value is -4.00. The van der Waals surface area contributed by atoms with Gasteiger partial charge in [0.1, 0.15) is 0 Å². The minimum absolute atomic E-state index is 0.000738. The molecule has 3 heterocycles. The number of aromatic nitrogens is 3. The Kier molecular flexibility index (Phi) is 6.57. The van der Waals surface area contributed by atoms with Crippen LogP contribution in [0.15, 0.2) is 79.3 Å². The molecule has 0 saturated carbocycles. The van der Waals surface area contributed by atoms with Crippen molar-refractivity contribution in [1.82, 2.24) is 24.6 Å². The van der Waals surface area contributed by atoms with Gasteiger partial charge in [-0.1, -0.05) is 42.5 Å². The van der Waals surface area contributed by atoms with Crippen LogP contribution in [-0.4, -0.2) is 62.6 Å². The Morgan fingerprint density at radius 2 is 1.66 bits per heavy atom. The number of benzene rings is 2. The zero-order valence-corrected chi connectivity index (χ0v) is 19.9. The number of hydrogen-bond donors (Lipinski definition) is 0. The third-order valence-electron chi connectivity index (χ3n) is 6.69. The van der Waals surface area contributed by atoms with Crippen LogP contribution in [0.25, 0.3) is 10.9 Å². The molecule has 0 bridgehead atoms. The first-order valence-electron chi connectivity index (χ1n) is 12.0. The van der Waals surface area contributed by atoms with Gasteiger partial charge < -0.3 is 9.80 Å². The molecule has 4 aromatic rings. The van der Waals surface area contributed by atoms with Crippen LogP contribution >= 0.6 is 0 Å². The molecule has 35 heavy (non-hydrogen) atoms. The second-order valence-corrected chi connectivity index (χ2v) is 9.14.